The fourth-order valence-corrected chi connectivity index (χ4v) is 0.609. The minimum absolute atomic E-state index is 0.197. The van der Waals surface area contributed by atoms with Crippen molar-refractivity contribution in [3.05, 3.63) is 25.3 Å². The van der Waals surface area contributed by atoms with Gasteiger partial charge in [0, 0.05) is 12.8 Å². The fourth-order valence-electron chi connectivity index (χ4n) is 0.609. The lowest BCUT2D eigenvalue weighted by Crippen LogP contribution is -2.13. The Balaban J connectivity index is 3.76. The first-order chi connectivity index (χ1) is 5.24. The summed E-state index contributed by atoms with van der Waals surface area (Å²) in [5, 5.41) is 0. The van der Waals surface area contributed by atoms with Gasteiger partial charge in [0.25, 0.3) is 0 Å². The first-order valence-electron chi connectivity index (χ1n) is 3.67. The lowest BCUT2D eigenvalue weighted by atomic mass is 10.2. The van der Waals surface area contributed by atoms with Crippen molar-refractivity contribution in [3.8, 4) is 0 Å². The van der Waals surface area contributed by atoms with Crippen molar-refractivity contribution in [2.24, 2.45) is 0 Å². The van der Waals surface area contributed by atoms with E-state index in [1.54, 1.807) is 19.1 Å². The molecule has 0 aromatic carbocycles. The second-order valence-electron chi connectivity index (χ2n) is 2.14. The Kier molecular flexibility index (Phi) is 5.17. The van der Waals surface area contributed by atoms with Gasteiger partial charge in [0.2, 0.25) is 0 Å². The van der Waals surface area contributed by atoms with E-state index >= 15 is 0 Å². The molecule has 0 rings (SSSR count). The maximum atomic E-state index is 10.8. The van der Waals surface area contributed by atoms with Gasteiger partial charge in [0.05, 0.1) is 0 Å². The van der Waals surface area contributed by atoms with Crippen LogP contribution < -0.4 is 0 Å². The molecule has 0 aliphatic rings. The van der Waals surface area contributed by atoms with Gasteiger partial charge in [-0.25, -0.2) is 0 Å². The van der Waals surface area contributed by atoms with Gasteiger partial charge >= 0.3 is 5.97 Å². The summed E-state index contributed by atoms with van der Waals surface area (Å²) >= 11 is 0. The lowest BCUT2D eigenvalue weighted by Gasteiger charge is -2.10. The fraction of sp³-hybridized carbons (Fsp3) is 0.444. The van der Waals surface area contributed by atoms with E-state index < -0.39 is 0 Å². The number of carbonyl (C=O) groups is 1. The van der Waals surface area contributed by atoms with E-state index in [0.29, 0.717) is 12.8 Å². The van der Waals surface area contributed by atoms with E-state index in [-0.39, 0.29) is 12.1 Å². The van der Waals surface area contributed by atoms with Crippen LogP contribution in [-0.2, 0) is 9.53 Å². The van der Waals surface area contributed by atoms with E-state index in [0.717, 1.165) is 0 Å². The highest BCUT2D eigenvalue weighted by molar-refractivity contribution is 5.69. The predicted molar refractivity (Wildman–Crippen MR) is 45.2 cm³/mol. The van der Waals surface area contributed by atoms with Gasteiger partial charge in [-0.05, 0) is 0 Å². The average molecular weight is 154 g/mol. The topological polar surface area (TPSA) is 26.3 Å². The van der Waals surface area contributed by atoms with Gasteiger partial charge in [0.15, 0.2) is 0 Å². The van der Waals surface area contributed by atoms with Crippen molar-refractivity contribution in [3.63, 3.8) is 0 Å². The van der Waals surface area contributed by atoms with Crippen LogP contribution in [0.2, 0.25) is 0 Å². The second kappa shape index (κ2) is 5.71. The molecule has 0 saturated heterocycles. The van der Waals surface area contributed by atoms with Crippen LogP contribution in [0.4, 0.5) is 0 Å². The minimum atomic E-state index is -0.208. The number of hydrogen-bond acceptors (Lipinski definition) is 2. The van der Waals surface area contributed by atoms with Gasteiger partial charge < -0.3 is 4.74 Å². The van der Waals surface area contributed by atoms with E-state index in [1.807, 2.05) is 0 Å². The van der Waals surface area contributed by atoms with Crippen LogP contribution in [0.15, 0.2) is 25.3 Å². The normalized spacial score (nSPS) is 11.7. The summed E-state index contributed by atoms with van der Waals surface area (Å²) in [5.74, 6) is -0.197. The number of rotatable bonds is 5. The minimum Gasteiger partial charge on any atom is -0.458 e. The molecule has 0 radical (unpaired) electrons. The zero-order valence-corrected chi connectivity index (χ0v) is 6.88. The third-order valence-electron chi connectivity index (χ3n) is 1.23. The molecule has 0 amide bonds. The maximum absolute atomic E-state index is 10.8. The van der Waals surface area contributed by atoms with Crippen molar-refractivity contribution in [2.75, 3.05) is 0 Å². The largest absolute Gasteiger partial charge is 0.458 e. The summed E-state index contributed by atoms with van der Waals surface area (Å²) in [5.41, 5.74) is 0. The molecule has 0 aliphatic carbocycles. The number of ether oxygens (including phenoxy) is 1. The number of hydrogen-bond donors (Lipinski definition) is 0. The maximum Gasteiger partial charge on any atom is 0.306 e. The third-order valence-corrected chi connectivity index (χ3v) is 1.23. The number of carbonyl (C=O) groups excluding carboxylic acids is 1. The zero-order chi connectivity index (χ0) is 8.69. The Hall–Kier alpha value is -1.05. The van der Waals surface area contributed by atoms with Crippen molar-refractivity contribution < 1.29 is 9.53 Å². The number of esters is 1. The molecule has 0 aliphatic heterocycles. The van der Waals surface area contributed by atoms with Crippen LogP contribution >= 0.6 is 0 Å². The Labute approximate surface area is 67.6 Å². The summed E-state index contributed by atoms with van der Waals surface area (Å²) in [6.45, 7) is 8.84. The van der Waals surface area contributed by atoms with Gasteiger partial charge in [-0.3, -0.25) is 4.79 Å². The van der Waals surface area contributed by atoms with Gasteiger partial charge in [0.1, 0.15) is 6.10 Å². The van der Waals surface area contributed by atoms with Crippen LogP contribution in [0, 0.1) is 0 Å². The molecule has 0 aromatic heterocycles. The monoisotopic (exact) mass is 154 g/mol. The summed E-state index contributed by atoms with van der Waals surface area (Å²) in [6, 6.07) is 0. The Morgan fingerprint density at radius 1 is 1.64 bits per heavy atom. The Morgan fingerprint density at radius 2 is 2.27 bits per heavy atom. The van der Waals surface area contributed by atoms with Crippen LogP contribution in [0.3, 0.4) is 0 Å². The highest BCUT2D eigenvalue weighted by Crippen LogP contribution is 2.01. The van der Waals surface area contributed by atoms with E-state index in [9.17, 15) is 4.79 Å². The summed E-state index contributed by atoms with van der Waals surface area (Å²) in [6.07, 6.45) is 4.14. The van der Waals surface area contributed by atoms with E-state index in [4.69, 9.17) is 4.74 Å². The molecule has 2 nitrogen and oxygen atoms in total. The average Bonchev–Trinajstić information content (AvgIpc) is 2.03. The van der Waals surface area contributed by atoms with Gasteiger partial charge in [-0.1, -0.05) is 25.7 Å². The van der Waals surface area contributed by atoms with E-state index in [1.165, 1.54) is 0 Å². The molecule has 0 fully saturated rings. The standard InChI is InChI=1S/C9H14O2/c1-4-7-8(5-2)11-9(10)6-3/h4-5,8H,1-2,6-7H2,3H3. The molecule has 11 heavy (non-hydrogen) atoms. The molecule has 1 atom stereocenters. The van der Waals surface area contributed by atoms with Gasteiger partial charge in [-0.2, -0.15) is 0 Å². The molecule has 0 spiro atoms. The summed E-state index contributed by atoms with van der Waals surface area (Å²) in [4.78, 5) is 10.8. The molecular formula is C9H14O2. The molecule has 1 unspecified atom stereocenters. The zero-order valence-electron chi connectivity index (χ0n) is 6.88. The predicted octanol–water partition coefficient (Wildman–Crippen LogP) is 2.07. The van der Waals surface area contributed by atoms with Crippen molar-refractivity contribution >= 4 is 5.97 Å². The van der Waals surface area contributed by atoms with Crippen molar-refractivity contribution in [1.82, 2.24) is 0 Å². The van der Waals surface area contributed by atoms with Crippen molar-refractivity contribution in [1.29, 1.82) is 0 Å². The summed E-state index contributed by atoms with van der Waals surface area (Å²) < 4.78 is 4.96. The van der Waals surface area contributed by atoms with Gasteiger partial charge in [-0.15, -0.1) is 6.58 Å². The second-order valence-corrected chi connectivity index (χ2v) is 2.14. The molecule has 0 saturated carbocycles. The lowest BCUT2D eigenvalue weighted by molar-refractivity contribution is -0.146. The molecule has 62 valence electrons. The Bertz CT molecular complexity index is 150. The van der Waals surface area contributed by atoms with Crippen molar-refractivity contribution in [2.45, 2.75) is 25.9 Å². The molecule has 2 heteroatoms. The molecule has 0 bridgehead atoms. The van der Waals surface area contributed by atoms with E-state index in [2.05, 4.69) is 13.2 Å². The first-order valence-corrected chi connectivity index (χ1v) is 3.67. The quantitative estimate of drug-likeness (QED) is 0.447. The first kappa shape index (κ1) is 9.95. The molecule has 0 aromatic rings. The SMILES string of the molecule is C=CCC(C=C)OC(=O)CC. The highest BCUT2D eigenvalue weighted by atomic mass is 16.5. The third kappa shape index (κ3) is 4.37. The molecule has 0 N–H and O–H groups in total. The Morgan fingerprint density at radius 3 is 2.64 bits per heavy atom. The molecular weight excluding hydrogens is 140 g/mol. The highest BCUT2D eigenvalue weighted by Gasteiger charge is 2.06. The summed E-state index contributed by atoms with van der Waals surface area (Å²) in [7, 11) is 0. The smallest absolute Gasteiger partial charge is 0.306 e. The van der Waals surface area contributed by atoms with Crippen LogP contribution in [-0.4, -0.2) is 12.1 Å². The molecule has 0 heterocycles. The van der Waals surface area contributed by atoms with Crippen LogP contribution in [0.1, 0.15) is 19.8 Å². The van der Waals surface area contributed by atoms with Crippen LogP contribution in [0.25, 0.3) is 0 Å². The van der Waals surface area contributed by atoms with Crippen LogP contribution in [0.5, 0.6) is 0 Å².